The second kappa shape index (κ2) is 7.81. The first-order valence-electron chi connectivity index (χ1n) is 10.2. The molecule has 160 valence electrons. The summed E-state index contributed by atoms with van der Waals surface area (Å²) in [6, 6.07) is 13.3. The zero-order valence-corrected chi connectivity index (χ0v) is 17.7. The molecule has 2 heterocycles. The molecule has 2 aromatic carbocycles. The number of nitrogens with one attached hydrogen (secondary N) is 3. The molecule has 32 heavy (non-hydrogen) atoms. The van der Waals surface area contributed by atoms with Crippen molar-refractivity contribution in [2.24, 2.45) is 15.4 Å². The fourth-order valence-corrected chi connectivity index (χ4v) is 3.90. The van der Waals surface area contributed by atoms with Gasteiger partial charge in [0.25, 0.3) is 0 Å². The molecule has 1 amide bonds. The number of methoxy groups -OCH3 is 1. The Kier molecular flexibility index (Phi) is 4.82. The Morgan fingerprint density at radius 3 is 2.94 bits per heavy atom. The number of ether oxygens (including phenoxy) is 1. The van der Waals surface area contributed by atoms with Gasteiger partial charge in [0.2, 0.25) is 0 Å². The molecule has 1 aliphatic heterocycles. The minimum atomic E-state index is -0.546. The lowest BCUT2D eigenvalue weighted by Gasteiger charge is -2.37. The third-order valence-corrected chi connectivity index (χ3v) is 5.74. The SMILES string of the molecule is COC(=O)Nc1ccccc1C1=NC2C=CC=CC2(C)C(Nc2ccc3[nH]ncc3c2)=N1. The van der Waals surface area contributed by atoms with E-state index in [1.807, 2.05) is 48.6 Å². The zero-order chi connectivity index (χ0) is 22.1. The van der Waals surface area contributed by atoms with E-state index in [2.05, 4.69) is 39.9 Å². The summed E-state index contributed by atoms with van der Waals surface area (Å²) >= 11 is 0. The molecule has 0 radical (unpaired) electrons. The van der Waals surface area contributed by atoms with Crippen LogP contribution in [0.1, 0.15) is 12.5 Å². The average molecular weight is 426 g/mol. The highest BCUT2D eigenvalue weighted by atomic mass is 16.5. The number of hydrogen-bond donors (Lipinski definition) is 3. The van der Waals surface area contributed by atoms with Crippen molar-refractivity contribution >= 4 is 40.0 Å². The number of rotatable bonds is 3. The van der Waals surface area contributed by atoms with Crippen LogP contribution in [0.15, 0.2) is 83.0 Å². The van der Waals surface area contributed by atoms with Crippen LogP contribution >= 0.6 is 0 Å². The molecule has 0 spiro atoms. The molecule has 3 N–H and O–H groups in total. The zero-order valence-electron chi connectivity index (χ0n) is 17.7. The van der Waals surface area contributed by atoms with E-state index in [4.69, 9.17) is 14.7 Å². The minimum Gasteiger partial charge on any atom is -0.453 e. The van der Waals surface area contributed by atoms with E-state index in [9.17, 15) is 4.79 Å². The van der Waals surface area contributed by atoms with Gasteiger partial charge in [-0.15, -0.1) is 0 Å². The van der Waals surface area contributed by atoms with Crippen molar-refractivity contribution in [2.75, 3.05) is 17.7 Å². The number of amides is 1. The van der Waals surface area contributed by atoms with Gasteiger partial charge in [-0.3, -0.25) is 15.4 Å². The first-order chi connectivity index (χ1) is 15.6. The van der Waals surface area contributed by atoms with Crippen molar-refractivity contribution in [3.05, 3.63) is 78.5 Å². The van der Waals surface area contributed by atoms with Gasteiger partial charge in [-0.1, -0.05) is 36.4 Å². The average Bonchev–Trinajstić information content (AvgIpc) is 3.27. The summed E-state index contributed by atoms with van der Waals surface area (Å²) < 4.78 is 4.76. The highest BCUT2D eigenvalue weighted by Gasteiger charge is 2.40. The number of allylic oxidation sites excluding steroid dienone is 2. The number of aromatic nitrogens is 2. The summed E-state index contributed by atoms with van der Waals surface area (Å²) in [5.41, 5.74) is 2.74. The summed E-state index contributed by atoms with van der Waals surface area (Å²) in [6.45, 7) is 2.11. The molecule has 0 fully saturated rings. The molecule has 0 bridgehead atoms. The number of amidine groups is 2. The number of H-pyrrole nitrogens is 1. The Balaban J connectivity index is 1.57. The van der Waals surface area contributed by atoms with Crippen LogP contribution in [0.2, 0.25) is 0 Å². The predicted octanol–water partition coefficient (Wildman–Crippen LogP) is 4.51. The number of hydrogen-bond acceptors (Lipinski definition) is 6. The number of benzene rings is 2. The van der Waals surface area contributed by atoms with E-state index < -0.39 is 11.5 Å². The normalized spacial score (nSPS) is 21.5. The van der Waals surface area contributed by atoms with Crippen LogP contribution in [0.3, 0.4) is 0 Å². The van der Waals surface area contributed by atoms with E-state index in [0.717, 1.165) is 22.4 Å². The Labute approximate surface area is 184 Å². The van der Waals surface area contributed by atoms with Crippen molar-refractivity contribution in [1.82, 2.24) is 10.2 Å². The van der Waals surface area contributed by atoms with Crippen molar-refractivity contribution in [2.45, 2.75) is 13.0 Å². The van der Waals surface area contributed by atoms with Crippen molar-refractivity contribution in [3.8, 4) is 0 Å². The minimum absolute atomic E-state index is 0.147. The van der Waals surface area contributed by atoms with Crippen LogP contribution in [0.25, 0.3) is 10.9 Å². The lowest BCUT2D eigenvalue weighted by molar-refractivity contribution is 0.187. The highest BCUT2D eigenvalue weighted by Crippen LogP contribution is 2.37. The van der Waals surface area contributed by atoms with Crippen molar-refractivity contribution in [1.29, 1.82) is 0 Å². The molecular formula is C24H22N6O2. The first kappa shape index (κ1) is 19.7. The van der Waals surface area contributed by atoms with Gasteiger partial charge in [0.1, 0.15) is 5.84 Å². The van der Waals surface area contributed by atoms with Gasteiger partial charge in [0.15, 0.2) is 5.84 Å². The maximum atomic E-state index is 11.8. The summed E-state index contributed by atoms with van der Waals surface area (Å²) in [7, 11) is 1.33. The van der Waals surface area contributed by atoms with Crippen LogP contribution in [-0.2, 0) is 4.74 Å². The van der Waals surface area contributed by atoms with Crippen molar-refractivity contribution < 1.29 is 9.53 Å². The molecule has 2 aliphatic rings. The molecule has 3 aromatic rings. The molecule has 0 saturated carbocycles. The number of carbonyl (C=O) groups excluding carboxylic acids is 1. The molecule has 0 saturated heterocycles. The Morgan fingerprint density at radius 1 is 1.19 bits per heavy atom. The van der Waals surface area contributed by atoms with E-state index in [0.29, 0.717) is 17.1 Å². The van der Waals surface area contributed by atoms with Gasteiger partial charge >= 0.3 is 6.09 Å². The number of fused-ring (bicyclic) bond motifs is 2. The number of nitrogens with zero attached hydrogens (tertiary/aromatic N) is 3. The number of carbonyl (C=O) groups is 1. The lowest BCUT2D eigenvalue weighted by Crippen LogP contribution is -2.45. The van der Waals surface area contributed by atoms with Gasteiger partial charge in [-0.2, -0.15) is 5.10 Å². The fraction of sp³-hybridized carbons (Fsp3) is 0.167. The lowest BCUT2D eigenvalue weighted by atomic mass is 9.77. The number of para-hydroxylation sites is 1. The van der Waals surface area contributed by atoms with Crippen LogP contribution in [-0.4, -0.2) is 41.1 Å². The quantitative estimate of drug-likeness (QED) is 0.573. The first-order valence-corrected chi connectivity index (χ1v) is 10.2. The summed E-state index contributed by atoms with van der Waals surface area (Å²) in [5, 5.41) is 14.3. The molecule has 1 aromatic heterocycles. The van der Waals surface area contributed by atoms with Crippen LogP contribution in [0, 0.1) is 5.41 Å². The topological polar surface area (TPSA) is 104 Å². The number of aromatic amines is 1. The van der Waals surface area contributed by atoms with Gasteiger partial charge < -0.3 is 10.1 Å². The summed E-state index contributed by atoms with van der Waals surface area (Å²) in [5.74, 6) is 1.30. The van der Waals surface area contributed by atoms with E-state index >= 15 is 0 Å². The predicted molar refractivity (Wildman–Crippen MR) is 126 cm³/mol. The van der Waals surface area contributed by atoms with Gasteiger partial charge in [0.05, 0.1) is 36.0 Å². The van der Waals surface area contributed by atoms with Crippen LogP contribution in [0.5, 0.6) is 0 Å². The van der Waals surface area contributed by atoms with Gasteiger partial charge in [-0.05, 0) is 37.3 Å². The van der Waals surface area contributed by atoms with E-state index in [1.54, 1.807) is 12.3 Å². The molecule has 2 unspecified atom stereocenters. The standard InChI is InChI=1S/C24H22N6O2/c1-24-12-6-5-9-20(24)28-21(17-7-3-4-8-19(17)27-23(31)32-2)29-22(24)26-16-10-11-18-15(13-16)14-25-30-18/h3-14,20H,1-2H3,(H,25,30)(H,27,31)(H,26,28,29). The second-order valence-corrected chi connectivity index (χ2v) is 7.84. The fourth-order valence-electron chi connectivity index (χ4n) is 3.90. The Bertz CT molecular complexity index is 1320. The Morgan fingerprint density at radius 2 is 2.06 bits per heavy atom. The highest BCUT2D eigenvalue weighted by molar-refractivity contribution is 6.17. The Hall–Kier alpha value is -4.20. The third-order valence-electron chi connectivity index (χ3n) is 5.74. The van der Waals surface area contributed by atoms with E-state index in [1.165, 1.54) is 7.11 Å². The van der Waals surface area contributed by atoms with Gasteiger partial charge in [0, 0.05) is 16.6 Å². The van der Waals surface area contributed by atoms with Gasteiger partial charge in [-0.25, -0.2) is 9.79 Å². The van der Waals surface area contributed by atoms with E-state index in [-0.39, 0.29) is 6.04 Å². The maximum absolute atomic E-state index is 11.8. The van der Waals surface area contributed by atoms with Crippen LogP contribution < -0.4 is 10.6 Å². The summed E-state index contributed by atoms with van der Waals surface area (Å²) in [6.07, 6.45) is 9.42. The largest absolute Gasteiger partial charge is 0.453 e. The smallest absolute Gasteiger partial charge is 0.411 e. The summed E-state index contributed by atoms with van der Waals surface area (Å²) in [4.78, 5) is 21.7. The molecule has 8 heteroatoms. The number of anilines is 2. The molecule has 8 nitrogen and oxygen atoms in total. The molecular weight excluding hydrogens is 404 g/mol. The number of aliphatic imine (C=N–C) groups is 2. The van der Waals surface area contributed by atoms with Crippen molar-refractivity contribution in [3.63, 3.8) is 0 Å². The van der Waals surface area contributed by atoms with Crippen LogP contribution in [0.4, 0.5) is 16.2 Å². The monoisotopic (exact) mass is 426 g/mol. The second-order valence-electron chi connectivity index (χ2n) is 7.84. The molecule has 2 atom stereocenters. The third kappa shape index (κ3) is 3.45. The maximum Gasteiger partial charge on any atom is 0.411 e. The molecule has 1 aliphatic carbocycles. The molecule has 5 rings (SSSR count).